The summed E-state index contributed by atoms with van der Waals surface area (Å²) in [6.45, 7) is 0. The van der Waals surface area contributed by atoms with E-state index in [1.807, 2.05) is 12.1 Å². The van der Waals surface area contributed by atoms with Crippen LogP contribution in [0.15, 0.2) is 84.5 Å². The number of thiazole rings is 1. The van der Waals surface area contributed by atoms with Gasteiger partial charge in [-0.2, -0.15) is 0 Å². The lowest BCUT2D eigenvalue weighted by molar-refractivity contribution is 0.102. The first-order chi connectivity index (χ1) is 14.6. The largest absolute Gasteiger partial charge is 0.422 e. The number of fused-ring (bicyclic) bond motifs is 2. The van der Waals surface area contributed by atoms with Crippen molar-refractivity contribution in [2.45, 2.75) is 0 Å². The van der Waals surface area contributed by atoms with E-state index in [2.05, 4.69) is 10.3 Å². The van der Waals surface area contributed by atoms with Gasteiger partial charge in [0.15, 0.2) is 5.13 Å². The Morgan fingerprint density at radius 2 is 1.50 bits per heavy atom. The normalized spacial score (nSPS) is 11.1. The minimum Gasteiger partial charge on any atom is -0.422 e. The van der Waals surface area contributed by atoms with Crippen molar-refractivity contribution in [3.05, 3.63) is 92.4 Å². The third-order valence-corrected chi connectivity index (χ3v) is 5.29. The zero-order chi connectivity index (χ0) is 20.7. The van der Waals surface area contributed by atoms with Crippen LogP contribution in [0.25, 0.3) is 33.2 Å². The van der Waals surface area contributed by atoms with Crippen LogP contribution < -0.4 is 16.6 Å². The maximum atomic E-state index is 12.6. The SMILES string of the molecule is O=C(Nc1nc(-c2cc3ccccc3oc2=O)cs1)c1cc2ccccc2oc1=O. The molecule has 5 rings (SSSR count). The van der Waals surface area contributed by atoms with Crippen LogP contribution in [-0.2, 0) is 0 Å². The van der Waals surface area contributed by atoms with E-state index in [0.717, 1.165) is 16.7 Å². The lowest BCUT2D eigenvalue weighted by Gasteiger charge is -2.02. The topological polar surface area (TPSA) is 102 Å². The van der Waals surface area contributed by atoms with Gasteiger partial charge in [0.25, 0.3) is 5.91 Å². The first kappa shape index (κ1) is 18.0. The zero-order valence-corrected chi connectivity index (χ0v) is 16.1. The van der Waals surface area contributed by atoms with Gasteiger partial charge in [0.1, 0.15) is 16.7 Å². The monoisotopic (exact) mass is 416 g/mol. The third kappa shape index (κ3) is 3.19. The second kappa shape index (κ2) is 7.09. The lowest BCUT2D eigenvalue weighted by atomic mass is 10.1. The molecule has 8 heteroatoms. The minimum absolute atomic E-state index is 0.129. The molecule has 2 aromatic carbocycles. The molecular weight excluding hydrogens is 404 g/mol. The van der Waals surface area contributed by atoms with Crippen molar-refractivity contribution in [2.75, 3.05) is 5.32 Å². The molecule has 5 aromatic rings. The molecule has 7 nitrogen and oxygen atoms in total. The van der Waals surface area contributed by atoms with Crippen LogP contribution in [0.5, 0.6) is 0 Å². The summed E-state index contributed by atoms with van der Waals surface area (Å²) in [4.78, 5) is 41.4. The fourth-order valence-corrected chi connectivity index (χ4v) is 3.79. The molecule has 0 bridgehead atoms. The second-order valence-electron chi connectivity index (χ2n) is 6.46. The number of carbonyl (C=O) groups excluding carboxylic acids is 1. The molecule has 0 aliphatic rings. The number of carbonyl (C=O) groups is 1. The lowest BCUT2D eigenvalue weighted by Crippen LogP contribution is -2.20. The van der Waals surface area contributed by atoms with E-state index in [1.54, 1.807) is 47.8 Å². The van der Waals surface area contributed by atoms with Crippen LogP contribution in [0.1, 0.15) is 10.4 Å². The first-order valence-corrected chi connectivity index (χ1v) is 9.79. The quantitative estimate of drug-likeness (QED) is 0.441. The number of amides is 1. The van der Waals surface area contributed by atoms with Gasteiger partial charge >= 0.3 is 11.3 Å². The van der Waals surface area contributed by atoms with Crippen molar-refractivity contribution in [3.63, 3.8) is 0 Å². The highest BCUT2D eigenvalue weighted by Gasteiger charge is 2.17. The average Bonchev–Trinajstić information content (AvgIpc) is 3.20. The zero-order valence-electron chi connectivity index (χ0n) is 15.2. The number of aromatic nitrogens is 1. The Bertz CT molecular complexity index is 1550. The van der Waals surface area contributed by atoms with Crippen molar-refractivity contribution >= 4 is 44.3 Å². The second-order valence-corrected chi connectivity index (χ2v) is 7.32. The van der Waals surface area contributed by atoms with Crippen LogP contribution >= 0.6 is 11.3 Å². The van der Waals surface area contributed by atoms with E-state index in [0.29, 0.717) is 22.2 Å². The number of hydrogen-bond acceptors (Lipinski definition) is 7. The van der Waals surface area contributed by atoms with Crippen molar-refractivity contribution in [2.24, 2.45) is 0 Å². The van der Waals surface area contributed by atoms with Crippen molar-refractivity contribution in [3.8, 4) is 11.3 Å². The standard InChI is InChI=1S/C22H12N2O5S/c25-19(15-10-13-6-2-4-8-18(13)29-21(15)27)24-22-23-16(11-30-22)14-9-12-5-1-3-7-17(12)28-20(14)26/h1-11H,(H,23,24,25). The van der Waals surface area contributed by atoms with Crippen molar-refractivity contribution in [1.82, 2.24) is 4.98 Å². The summed E-state index contributed by atoms with van der Waals surface area (Å²) in [5.41, 5.74) is 0.161. The molecule has 30 heavy (non-hydrogen) atoms. The van der Waals surface area contributed by atoms with Crippen LogP contribution in [-0.4, -0.2) is 10.9 Å². The fraction of sp³-hybridized carbons (Fsp3) is 0. The Morgan fingerprint density at radius 1 is 0.867 bits per heavy atom. The number of benzene rings is 2. The Morgan fingerprint density at radius 3 is 2.23 bits per heavy atom. The Labute approximate surface area is 172 Å². The van der Waals surface area contributed by atoms with Crippen molar-refractivity contribution < 1.29 is 13.6 Å². The van der Waals surface area contributed by atoms with E-state index in [9.17, 15) is 14.4 Å². The molecular formula is C22H12N2O5S. The molecule has 0 aliphatic carbocycles. The van der Waals surface area contributed by atoms with E-state index in [1.165, 1.54) is 6.07 Å². The molecule has 146 valence electrons. The number of anilines is 1. The van der Waals surface area contributed by atoms with E-state index >= 15 is 0 Å². The predicted octanol–water partition coefficient (Wildman–Crippen LogP) is 4.28. The molecule has 0 spiro atoms. The number of rotatable bonds is 3. The Hall–Kier alpha value is -4.04. The molecule has 1 amide bonds. The Kier molecular flexibility index (Phi) is 4.26. The molecule has 0 unspecified atom stereocenters. The van der Waals surface area contributed by atoms with Crippen LogP contribution in [0.4, 0.5) is 5.13 Å². The van der Waals surface area contributed by atoms with Gasteiger partial charge in [0, 0.05) is 16.2 Å². The number of para-hydroxylation sites is 2. The van der Waals surface area contributed by atoms with Gasteiger partial charge in [-0.1, -0.05) is 36.4 Å². The highest BCUT2D eigenvalue weighted by Crippen LogP contribution is 2.25. The summed E-state index contributed by atoms with van der Waals surface area (Å²) in [6.07, 6.45) is 0. The van der Waals surface area contributed by atoms with Gasteiger partial charge in [-0.3, -0.25) is 10.1 Å². The van der Waals surface area contributed by atoms with Gasteiger partial charge in [-0.05, 0) is 24.3 Å². The summed E-state index contributed by atoms with van der Waals surface area (Å²) in [7, 11) is 0. The van der Waals surface area contributed by atoms with Gasteiger partial charge in [-0.25, -0.2) is 14.6 Å². The van der Waals surface area contributed by atoms with Gasteiger partial charge in [-0.15, -0.1) is 11.3 Å². The third-order valence-electron chi connectivity index (χ3n) is 4.53. The number of nitrogens with one attached hydrogen (secondary N) is 1. The number of hydrogen-bond donors (Lipinski definition) is 1. The van der Waals surface area contributed by atoms with Crippen LogP contribution in [0, 0.1) is 0 Å². The predicted molar refractivity (Wildman–Crippen MR) is 114 cm³/mol. The molecule has 0 aliphatic heterocycles. The van der Waals surface area contributed by atoms with Crippen LogP contribution in [0.2, 0.25) is 0 Å². The smallest absolute Gasteiger partial charge is 0.349 e. The molecule has 3 aromatic heterocycles. The molecule has 0 saturated carbocycles. The highest BCUT2D eigenvalue weighted by atomic mass is 32.1. The Balaban J connectivity index is 1.46. The van der Waals surface area contributed by atoms with Crippen molar-refractivity contribution in [1.29, 1.82) is 0 Å². The van der Waals surface area contributed by atoms with Gasteiger partial charge in [0.05, 0.1) is 11.3 Å². The summed E-state index contributed by atoms with van der Waals surface area (Å²) >= 11 is 1.13. The fourth-order valence-electron chi connectivity index (χ4n) is 3.08. The number of nitrogens with zero attached hydrogens (tertiary/aromatic N) is 1. The summed E-state index contributed by atoms with van der Waals surface area (Å²) in [5.74, 6) is -0.638. The van der Waals surface area contributed by atoms with Gasteiger partial charge < -0.3 is 8.83 Å². The minimum atomic E-state index is -0.738. The maximum Gasteiger partial charge on any atom is 0.349 e. The molecule has 0 atom stereocenters. The average molecular weight is 416 g/mol. The highest BCUT2D eigenvalue weighted by molar-refractivity contribution is 7.14. The molecule has 0 saturated heterocycles. The maximum absolute atomic E-state index is 12.6. The van der Waals surface area contributed by atoms with E-state index in [4.69, 9.17) is 8.83 Å². The first-order valence-electron chi connectivity index (χ1n) is 8.91. The van der Waals surface area contributed by atoms with Gasteiger partial charge in [0.2, 0.25) is 0 Å². The molecule has 1 N–H and O–H groups in total. The molecule has 0 radical (unpaired) electrons. The van der Waals surface area contributed by atoms with E-state index in [-0.39, 0.29) is 16.3 Å². The molecule has 0 fully saturated rings. The summed E-state index contributed by atoms with van der Waals surface area (Å²) < 4.78 is 10.5. The summed E-state index contributed by atoms with van der Waals surface area (Å²) in [6, 6.07) is 17.3. The summed E-state index contributed by atoms with van der Waals surface area (Å²) in [5, 5.41) is 5.87. The van der Waals surface area contributed by atoms with Crippen LogP contribution in [0.3, 0.4) is 0 Å². The van der Waals surface area contributed by atoms with E-state index < -0.39 is 17.2 Å². The molecule has 3 heterocycles.